The Morgan fingerprint density at radius 1 is 1.08 bits per heavy atom. The van der Waals surface area contributed by atoms with Gasteiger partial charge in [-0.1, -0.05) is 23.2 Å². The summed E-state index contributed by atoms with van der Waals surface area (Å²) in [6.45, 7) is 3.07. The summed E-state index contributed by atoms with van der Waals surface area (Å²) in [6.07, 6.45) is 0. The second-order valence-electron chi connectivity index (χ2n) is 5.68. The van der Waals surface area contributed by atoms with E-state index in [1.165, 1.54) is 27.8 Å². The molecular formula is C16H16Cl2N2O3S2. The van der Waals surface area contributed by atoms with Crippen LogP contribution in [-0.2, 0) is 10.0 Å². The van der Waals surface area contributed by atoms with Crippen LogP contribution in [0.15, 0.2) is 35.2 Å². The van der Waals surface area contributed by atoms with Crippen molar-refractivity contribution in [2.24, 2.45) is 0 Å². The molecule has 1 aliphatic rings. The Labute approximate surface area is 160 Å². The van der Waals surface area contributed by atoms with Crippen molar-refractivity contribution < 1.29 is 13.2 Å². The Hall–Kier alpha value is -1.12. The van der Waals surface area contributed by atoms with E-state index in [1.807, 2.05) is 13.0 Å². The van der Waals surface area contributed by atoms with Crippen LogP contribution >= 0.6 is 34.5 Å². The molecule has 0 radical (unpaired) electrons. The summed E-state index contributed by atoms with van der Waals surface area (Å²) < 4.78 is 26.9. The van der Waals surface area contributed by atoms with Gasteiger partial charge in [-0.2, -0.15) is 4.31 Å². The zero-order valence-corrected chi connectivity index (χ0v) is 16.6. The number of carbonyl (C=O) groups is 1. The number of nitrogens with zero attached hydrogens (tertiary/aromatic N) is 2. The Balaban J connectivity index is 1.73. The van der Waals surface area contributed by atoms with E-state index >= 15 is 0 Å². The molecule has 1 saturated heterocycles. The van der Waals surface area contributed by atoms with Gasteiger partial charge in [0.25, 0.3) is 5.91 Å². The molecule has 3 rings (SSSR count). The zero-order valence-electron chi connectivity index (χ0n) is 13.4. The summed E-state index contributed by atoms with van der Waals surface area (Å²) in [5.74, 6) is -0.0593. The van der Waals surface area contributed by atoms with Crippen LogP contribution in [0.2, 0.25) is 10.0 Å². The molecule has 1 amide bonds. The van der Waals surface area contributed by atoms with Gasteiger partial charge in [0, 0.05) is 36.1 Å². The second-order valence-corrected chi connectivity index (χ2v) is 9.72. The monoisotopic (exact) mass is 418 g/mol. The number of rotatable bonds is 3. The lowest BCUT2D eigenvalue weighted by Gasteiger charge is -2.34. The molecular weight excluding hydrogens is 403 g/mol. The van der Waals surface area contributed by atoms with Gasteiger partial charge >= 0.3 is 0 Å². The van der Waals surface area contributed by atoms with E-state index in [4.69, 9.17) is 23.2 Å². The van der Waals surface area contributed by atoms with Gasteiger partial charge in [0.15, 0.2) is 0 Å². The summed E-state index contributed by atoms with van der Waals surface area (Å²) in [4.78, 5) is 15.9. The quantitative estimate of drug-likeness (QED) is 0.765. The van der Waals surface area contributed by atoms with Crippen LogP contribution in [0.1, 0.15) is 14.5 Å². The van der Waals surface area contributed by atoms with Gasteiger partial charge < -0.3 is 4.90 Å². The number of hydrogen-bond donors (Lipinski definition) is 0. The highest BCUT2D eigenvalue weighted by Crippen LogP contribution is 2.28. The van der Waals surface area contributed by atoms with Crippen molar-refractivity contribution in [1.82, 2.24) is 9.21 Å². The summed E-state index contributed by atoms with van der Waals surface area (Å²) in [5.41, 5.74) is 0. The molecule has 0 atom stereocenters. The predicted octanol–water partition coefficient (Wildman–Crippen LogP) is 3.51. The number of halogens is 2. The van der Waals surface area contributed by atoms with E-state index in [9.17, 15) is 13.2 Å². The average molecular weight is 419 g/mol. The molecule has 0 spiro atoms. The molecule has 1 aromatic heterocycles. The number of piperazine rings is 1. The molecule has 0 bridgehead atoms. The average Bonchev–Trinajstić information content (AvgIpc) is 3.03. The fourth-order valence-corrected chi connectivity index (χ4v) is 5.65. The Morgan fingerprint density at radius 2 is 1.76 bits per heavy atom. The SMILES string of the molecule is Cc1ccc(C(=O)N2CCN(S(=O)(=O)c3cc(Cl)ccc3Cl)CC2)s1. The number of hydrogen-bond acceptors (Lipinski definition) is 4. The van der Waals surface area contributed by atoms with E-state index in [2.05, 4.69) is 0 Å². The maximum absolute atomic E-state index is 12.8. The van der Waals surface area contributed by atoms with Crippen molar-refractivity contribution in [3.63, 3.8) is 0 Å². The minimum absolute atomic E-state index is 0.00433. The maximum atomic E-state index is 12.8. The van der Waals surface area contributed by atoms with Crippen LogP contribution in [0.5, 0.6) is 0 Å². The fourth-order valence-electron chi connectivity index (χ4n) is 2.65. The summed E-state index contributed by atoms with van der Waals surface area (Å²) in [5, 5.41) is 0.446. The summed E-state index contributed by atoms with van der Waals surface area (Å²) >= 11 is 13.4. The third kappa shape index (κ3) is 3.85. The number of benzene rings is 1. The number of aryl methyl sites for hydroxylation is 1. The Bertz CT molecular complexity index is 904. The normalized spacial score (nSPS) is 16.2. The first-order chi connectivity index (χ1) is 11.8. The van der Waals surface area contributed by atoms with Gasteiger partial charge in [0.1, 0.15) is 4.90 Å². The molecule has 0 N–H and O–H groups in total. The molecule has 134 valence electrons. The van der Waals surface area contributed by atoms with E-state index in [0.29, 0.717) is 23.0 Å². The molecule has 9 heteroatoms. The first-order valence-corrected chi connectivity index (χ1v) is 10.6. The van der Waals surface area contributed by atoms with Crippen LogP contribution in [0, 0.1) is 6.92 Å². The topological polar surface area (TPSA) is 57.7 Å². The van der Waals surface area contributed by atoms with E-state index in [1.54, 1.807) is 17.0 Å². The van der Waals surface area contributed by atoms with Crippen LogP contribution in [0.25, 0.3) is 0 Å². The predicted molar refractivity (Wildman–Crippen MR) is 100 cm³/mol. The molecule has 1 aliphatic heterocycles. The van der Waals surface area contributed by atoms with Gasteiger partial charge in [0.2, 0.25) is 10.0 Å². The summed E-state index contributed by atoms with van der Waals surface area (Å²) in [7, 11) is -3.74. The third-order valence-corrected chi connectivity index (χ3v) is 7.59. The number of sulfonamides is 1. The lowest BCUT2D eigenvalue weighted by molar-refractivity contribution is 0.0703. The lowest BCUT2D eigenvalue weighted by Crippen LogP contribution is -2.50. The molecule has 2 aromatic rings. The van der Waals surface area contributed by atoms with E-state index in [-0.39, 0.29) is 28.9 Å². The molecule has 0 saturated carbocycles. The minimum atomic E-state index is -3.74. The zero-order chi connectivity index (χ0) is 18.2. The first kappa shape index (κ1) is 18.7. The first-order valence-electron chi connectivity index (χ1n) is 7.60. The maximum Gasteiger partial charge on any atom is 0.264 e. The standard InChI is InChI=1S/C16H16Cl2N2O3S2/c1-11-2-5-14(24-11)16(21)19-6-8-20(9-7-19)25(22,23)15-10-12(17)3-4-13(15)18/h2-5,10H,6-9H2,1H3. The highest BCUT2D eigenvalue weighted by Gasteiger charge is 2.32. The van der Waals surface area contributed by atoms with Gasteiger partial charge in [-0.05, 0) is 37.3 Å². The van der Waals surface area contributed by atoms with Crippen LogP contribution in [0.4, 0.5) is 0 Å². The fraction of sp³-hybridized carbons (Fsp3) is 0.312. The largest absolute Gasteiger partial charge is 0.335 e. The molecule has 0 unspecified atom stereocenters. The van der Waals surface area contributed by atoms with E-state index < -0.39 is 10.0 Å². The Morgan fingerprint density at radius 3 is 2.36 bits per heavy atom. The van der Waals surface area contributed by atoms with Gasteiger partial charge in [-0.15, -0.1) is 11.3 Å². The third-order valence-electron chi connectivity index (χ3n) is 3.99. The number of carbonyl (C=O) groups excluding carboxylic acids is 1. The van der Waals surface area contributed by atoms with Crippen molar-refractivity contribution >= 4 is 50.5 Å². The molecule has 2 heterocycles. The summed E-state index contributed by atoms with van der Waals surface area (Å²) in [6, 6.07) is 8.07. The highest BCUT2D eigenvalue weighted by molar-refractivity contribution is 7.89. The Kier molecular flexibility index (Phi) is 5.41. The second kappa shape index (κ2) is 7.25. The molecule has 1 fully saturated rings. The van der Waals surface area contributed by atoms with Crippen LogP contribution < -0.4 is 0 Å². The van der Waals surface area contributed by atoms with Crippen molar-refractivity contribution in [2.75, 3.05) is 26.2 Å². The lowest BCUT2D eigenvalue weighted by atomic mass is 10.3. The van der Waals surface area contributed by atoms with Crippen molar-refractivity contribution in [2.45, 2.75) is 11.8 Å². The molecule has 0 aliphatic carbocycles. The van der Waals surface area contributed by atoms with E-state index in [0.717, 1.165) is 4.88 Å². The highest BCUT2D eigenvalue weighted by atomic mass is 35.5. The van der Waals surface area contributed by atoms with Crippen LogP contribution in [0.3, 0.4) is 0 Å². The van der Waals surface area contributed by atoms with Crippen molar-refractivity contribution in [3.05, 3.63) is 50.1 Å². The van der Waals surface area contributed by atoms with Gasteiger partial charge in [-0.3, -0.25) is 4.79 Å². The minimum Gasteiger partial charge on any atom is -0.335 e. The van der Waals surface area contributed by atoms with Crippen molar-refractivity contribution in [3.8, 4) is 0 Å². The molecule has 5 nitrogen and oxygen atoms in total. The number of amides is 1. The van der Waals surface area contributed by atoms with Crippen LogP contribution in [-0.4, -0.2) is 49.7 Å². The number of thiophene rings is 1. The molecule has 25 heavy (non-hydrogen) atoms. The van der Waals surface area contributed by atoms with Crippen molar-refractivity contribution in [1.29, 1.82) is 0 Å². The molecule has 1 aromatic carbocycles. The van der Waals surface area contributed by atoms with Gasteiger partial charge in [-0.25, -0.2) is 8.42 Å². The smallest absolute Gasteiger partial charge is 0.264 e. The van der Waals surface area contributed by atoms with Gasteiger partial charge in [0.05, 0.1) is 9.90 Å².